The van der Waals surface area contributed by atoms with Gasteiger partial charge in [-0.05, 0) is 77.7 Å². The molecule has 0 spiro atoms. The molecule has 3 heterocycles. The van der Waals surface area contributed by atoms with Gasteiger partial charge in [0.15, 0.2) is 5.82 Å². The number of benzene rings is 2. The van der Waals surface area contributed by atoms with Gasteiger partial charge in [-0.25, -0.2) is 9.18 Å². The molecule has 3 aromatic rings. The van der Waals surface area contributed by atoms with E-state index in [0.29, 0.717) is 31.2 Å². The number of urea groups is 1. The summed E-state index contributed by atoms with van der Waals surface area (Å²) in [5.41, 5.74) is 4.26. The molecule has 1 aliphatic carbocycles. The average Bonchev–Trinajstić information content (AvgIpc) is 3.63. The minimum Gasteiger partial charge on any atom is -0.368 e. The highest BCUT2D eigenvalue weighted by Gasteiger charge is 2.42. The Hall–Kier alpha value is -2.87. The van der Waals surface area contributed by atoms with E-state index in [2.05, 4.69) is 56.9 Å². The van der Waals surface area contributed by atoms with Crippen molar-refractivity contribution in [3.63, 3.8) is 0 Å². The molecule has 2 fully saturated rings. The summed E-state index contributed by atoms with van der Waals surface area (Å²) in [6.45, 7) is 4.03. The van der Waals surface area contributed by atoms with Crippen molar-refractivity contribution in [1.82, 2.24) is 14.7 Å². The number of halogens is 2. The Kier molecular flexibility index (Phi) is 6.02. The number of hydrogen-bond donors (Lipinski definition) is 0. The van der Waals surface area contributed by atoms with E-state index in [1.54, 1.807) is 6.07 Å². The van der Waals surface area contributed by atoms with Crippen LogP contribution in [0.15, 0.2) is 53.1 Å². The van der Waals surface area contributed by atoms with E-state index in [1.165, 1.54) is 30.0 Å². The van der Waals surface area contributed by atoms with E-state index >= 15 is 0 Å². The van der Waals surface area contributed by atoms with Crippen molar-refractivity contribution in [3.05, 3.63) is 75.6 Å². The van der Waals surface area contributed by atoms with Crippen molar-refractivity contribution in [1.29, 1.82) is 0 Å². The van der Waals surface area contributed by atoms with Crippen LogP contribution in [0.5, 0.6) is 0 Å². The second-order valence-corrected chi connectivity index (χ2v) is 11.1. The maximum Gasteiger partial charge on any atom is 0.326 e. The fourth-order valence-corrected chi connectivity index (χ4v) is 6.55. The van der Waals surface area contributed by atoms with Gasteiger partial charge in [0.2, 0.25) is 0 Å². The number of amides is 2. The summed E-state index contributed by atoms with van der Waals surface area (Å²) in [4.78, 5) is 20.1. The van der Waals surface area contributed by atoms with E-state index in [1.807, 2.05) is 28.9 Å². The SMILES string of the molecule is C[C@@H]1c2cn(C)nc2N(Cc2ccccc2C2CC2)C(=O)N1C1CCN(c2c(F)cccc2Br)CC1. The summed E-state index contributed by atoms with van der Waals surface area (Å²) in [6, 6.07) is 13.6. The molecule has 1 saturated heterocycles. The smallest absolute Gasteiger partial charge is 0.326 e. The van der Waals surface area contributed by atoms with Crippen LogP contribution in [-0.2, 0) is 13.6 Å². The first-order chi connectivity index (χ1) is 17.4. The van der Waals surface area contributed by atoms with E-state index < -0.39 is 0 Å². The number of aryl methyl sites for hydroxylation is 1. The molecule has 0 N–H and O–H groups in total. The van der Waals surface area contributed by atoms with E-state index in [-0.39, 0.29) is 23.9 Å². The van der Waals surface area contributed by atoms with Crippen molar-refractivity contribution in [2.24, 2.45) is 7.05 Å². The highest BCUT2D eigenvalue weighted by Crippen LogP contribution is 2.44. The molecule has 6 rings (SSSR count). The Morgan fingerprint density at radius 2 is 1.78 bits per heavy atom. The van der Waals surface area contributed by atoms with Crippen molar-refractivity contribution in [2.45, 2.75) is 57.2 Å². The molecule has 1 saturated carbocycles. The maximum absolute atomic E-state index is 14.6. The lowest BCUT2D eigenvalue weighted by Crippen LogP contribution is -2.55. The number of nitrogens with zero attached hydrogens (tertiary/aromatic N) is 5. The van der Waals surface area contributed by atoms with Crippen LogP contribution in [0.1, 0.15) is 61.3 Å². The first kappa shape index (κ1) is 23.5. The van der Waals surface area contributed by atoms with Crippen LogP contribution in [0.4, 0.5) is 20.7 Å². The Labute approximate surface area is 219 Å². The molecule has 0 bridgehead atoms. The van der Waals surface area contributed by atoms with Crippen molar-refractivity contribution >= 4 is 33.5 Å². The number of carbonyl (C=O) groups is 1. The van der Waals surface area contributed by atoms with Gasteiger partial charge in [0.05, 0.1) is 18.3 Å². The quantitative estimate of drug-likeness (QED) is 0.370. The van der Waals surface area contributed by atoms with Crippen molar-refractivity contribution in [2.75, 3.05) is 22.9 Å². The second-order valence-electron chi connectivity index (χ2n) is 10.3. The lowest BCUT2D eigenvalue weighted by Gasteiger charge is -2.46. The molecule has 2 aliphatic heterocycles. The lowest BCUT2D eigenvalue weighted by atomic mass is 9.97. The number of rotatable bonds is 5. The molecular weight excluding hydrogens is 521 g/mol. The van der Waals surface area contributed by atoms with Crippen LogP contribution in [0.2, 0.25) is 0 Å². The zero-order chi connectivity index (χ0) is 25.0. The van der Waals surface area contributed by atoms with Crippen LogP contribution in [-0.4, -0.2) is 39.8 Å². The van der Waals surface area contributed by atoms with Crippen LogP contribution >= 0.6 is 15.9 Å². The molecule has 0 radical (unpaired) electrons. The van der Waals surface area contributed by atoms with Crippen LogP contribution < -0.4 is 9.80 Å². The molecule has 2 amide bonds. The maximum atomic E-state index is 14.6. The minimum atomic E-state index is -0.217. The van der Waals surface area contributed by atoms with Gasteiger partial charge in [-0.15, -0.1) is 0 Å². The first-order valence-corrected chi connectivity index (χ1v) is 13.6. The highest BCUT2D eigenvalue weighted by molar-refractivity contribution is 9.10. The molecule has 188 valence electrons. The third-order valence-electron chi connectivity index (χ3n) is 7.92. The zero-order valence-electron chi connectivity index (χ0n) is 20.7. The molecule has 6 nitrogen and oxygen atoms in total. The van der Waals surface area contributed by atoms with Gasteiger partial charge < -0.3 is 9.80 Å². The standard InChI is InChI=1S/C28H31BrFN5O/c1-18-23-17-32(2)31-27(23)34(16-20-6-3-4-7-22(20)19-10-11-19)28(36)35(18)21-12-14-33(15-13-21)26-24(29)8-5-9-25(26)30/h3-9,17-19,21H,10-16H2,1-2H3/t18-/m1/s1. The van der Waals surface area contributed by atoms with E-state index in [9.17, 15) is 9.18 Å². The van der Waals surface area contributed by atoms with Crippen LogP contribution in [0, 0.1) is 5.82 Å². The highest BCUT2D eigenvalue weighted by atomic mass is 79.9. The van der Waals surface area contributed by atoms with E-state index in [4.69, 9.17) is 5.10 Å². The molecule has 8 heteroatoms. The third kappa shape index (κ3) is 4.09. The molecule has 3 aliphatic rings. The van der Waals surface area contributed by atoms with E-state index in [0.717, 1.165) is 28.7 Å². The second kappa shape index (κ2) is 9.21. The van der Waals surface area contributed by atoms with Crippen LogP contribution in [0.25, 0.3) is 0 Å². The molecule has 0 unspecified atom stereocenters. The fourth-order valence-electron chi connectivity index (χ4n) is 5.96. The topological polar surface area (TPSA) is 44.6 Å². The average molecular weight is 552 g/mol. The normalized spacial score (nSPS) is 20.7. The number of carbonyl (C=O) groups excluding carboxylic acids is 1. The Morgan fingerprint density at radius 1 is 1.03 bits per heavy atom. The summed E-state index contributed by atoms with van der Waals surface area (Å²) in [7, 11) is 1.92. The fraction of sp³-hybridized carbons (Fsp3) is 0.429. The zero-order valence-corrected chi connectivity index (χ0v) is 22.3. The van der Waals surface area contributed by atoms with Gasteiger partial charge in [-0.2, -0.15) is 5.10 Å². The Balaban J connectivity index is 1.27. The Morgan fingerprint density at radius 3 is 2.50 bits per heavy atom. The van der Waals surface area contributed by atoms with Gasteiger partial charge in [-0.3, -0.25) is 9.58 Å². The number of anilines is 2. The first-order valence-electron chi connectivity index (χ1n) is 12.8. The van der Waals surface area contributed by atoms with Gasteiger partial charge >= 0.3 is 6.03 Å². The minimum absolute atomic E-state index is 0.0184. The number of piperidine rings is 1. The van der Waals surface area contributed by atoms with Gasteiger partial charge in [0, 0.05) is 42.4 Å². The van der Waals surface area contributed by atoms with Crippen molar-refractivity contribution < 1.29 is 9.18 Å². The van der Waals surface area contributed by atoms with Crippen LogP contribution in [0.3, 0.4) is 0 Å². The molecule has 1 aromatic heterocycles. The Bertz CT molecular complexity index is 1280. The molecular formula is C28H31BrFN5O. The molecule has 2 aromatic carbocycles. The number of para-hydroxylation sites is 1. The van der Waals surface area contributed by atoms with Gasteiger partial charge in [-0.1, -0.05) is 30.3 Å². The summed E-state index contributed by atoms with van der Waals surface area (Å²) < 4.78 is 17.2. The largest absolute Gasteiger partial charge is 0.368 e. The number of fused-ring (bicyclic) bond motifs is 1. The number of hydrogen-bond acceptors (Lipinski definition) is 3. The predicted octanol–water partition coefficient (Wildman–Crippen LogP) is 6.37. The molecule has 36 heavy (non-hydrogen) atoms. The lowest BCUT2D eigenvalue weighted by molar-refractivity contribution is 0.136. The third-order valence-corrected chi connectivity index (χ3v) is 8.56. The van der Waals surface area contributed by atoms with Gasteiger partial charge in [0.25, 0.3) is 0 Å². The van der Waals surface area contributed by atoms with Gasteiger partial charge in [0.1, 0.15) is 5.82 Å². The summed E-state index contributed by atoms with van der Waals surface area (Å²) in [5, 5.41) is 4.71. The number of aromatic nitrogens is 2. The summed E-state index contributed by atoms with van der Waals surface area (Å²) in [6.07, 6.45) is 6.07. The summed E-state index contributed by atoms with van der Waals surface area (Å²) >= 11 is 3.51. The predicted molar refractivity (Wildman–Crippen MR) is 143 cm³/mol. The van der Waals surface area contributed by atoms with Crippen molar-refractivity contribution in [3.8, 4) is 0 Å². The monoisotopic (exact) mass is 551 g/mol. The summed E-state index contributed by atoms with van der Waals surface area (Å²) in [5.74, 6) is 1.16. The molecule has 1 atom stereocenters.